The molecule has 0 amide bonds. The first-order chi connectivity index (χ1) is 9.58. The Morgan fingerprint density at radius 1 is 0.750 bits per heavy atom. The Morgan fingerprint density at radius 2 is 1.30 bits per heavy atom. The molecule has 0 aliphatic carbocycles. The van der Waals surface area contributed by atoms with E-state index < -0.39 is 0 Å². The highest BCUT2D eigenvalue weighted by Gasteiger charge is 2.10. The SMILES string of the molecule is CC(C)=C/C=C/C(C)=C/C=C/C(C)=C/C=[N+]1CCCC1. The standard InChI is InChI=1S/C19H28N/c1-17(2)9-7-10-18(3)11-8-12-19(4)13-16-20-14-5-6-15-20/h7-13,16H,5-6,14-15H2,1-4H3/q+1/b10-7+,12-8+,18-11+,19-13+. The Hall–Kier alpha value is -1.63. The number of hydrogen-bond acceptors (Lipinski definition) is 0. The summed E-state index contributed by atoms with van der Waals surface area (Å²) in [5.41, 5.74) is 3.87. The van der Waals surface area contributed by atoms with Crippen molar-refractivity contribution in [3.05, 3.63) is 59.3 Å². The maximum absolute atomic E-state index is 2.39. The molecule has 0 spiro atoms. The molecule has 108 valence electrons. The van der Waals surface area contributed by atoms with E-state index in [0.717, 1.165) is 0 Å². The fourth-order valence-electron chi connectivity index (χ4n) is 1.97. The summed E-state index contributed by atoms with van der Waals surface area (Å²) in [4.78, 5) is 0. The predicted octanol–water partition coefficient (Wildman–Crippen LogP) is 4.83. The third-order valence-electron chi connectivity index (χ3n) is 3.20. The topological polar surface area (TPSA) is 3.01 Å². The Balaban J connectivity index is 2.50. The van der Waals surface area contributed by atoms with Gasteiger partial charge in [-0.05, 0) is 33.3 Å². The predicted molar refractivity (Wildman–Crippen MR) is 90.5 cm³/mol. The van der Waals surface area contributed by atoms with Gasteiger partial charge in [0.15, 0.2) is 6.21 Å². The number of nitrogens with zero attached hydrogens (tertiary/aromatic N) is 1. The zero-order valence-corrected chi connectivity index (χ0v) is 13.4. The van der Waals surface area contributed by atoms with Crippen molar-refractivity contribution < 1.29 is 4.58 Å². The van der Waals surface area contributed by atoms with Crippen LogP contribution >= 0.6 is 0 Å². The molecule has 0 aromatic carbocycles. The van der Waals surface area contributed by atoms with Gasteiger partial charge in [-0.25, -0.2) is 4.58 Å². The maximum Gasteiger partial charge on any atom is 0.163 e. The van der Waals surface area contributed by atoms with Crippen LogP contribution in [0.2, 0.25) is 0 Å². The second-order valence-electron chi connectivity index (χ2n) is 5.68. The first kappa shape index (κ1) is 16.4. The Labute approximate surface area is 124 Å². The highest BCUT2D eigenvalue weighted by molar-refractivity contribution is 5.68. The molecule has 0 aromatic heterocycles. The average molecular weight is 270 g/mol. The van der Waals surface area contributed by atoms with Crippen molar-refractivity contribution in [1.29, 1.82) is 0 Å². The van der Waals surface area contributed by atoms with Crippen molar-refractivity contribution in [2.45, 2.75) is 40.5 Å². The van der Waals surface area contributed by atoms with Gasteiger partial charge in [-0.3, -0.25) is 0 Å². The summed E-state index contributed by atoms with van der Waals surface area (Å²) in [6.07, 6.45) is 19.8. The molecule has 20 heavy (non-hydrogen) atoms. The second kappa shape index (κ2) is 9.30. The summed E-state index contributed by atoms with van der Waals surface area (Å²) in [5.74, 6) is 0. The molecule has 0 N–H and O–H groups in total. The lowest BCUT2D eigenvalue weighted by molar-refractivity contribution is -0.500. The number of rotatable bonds is 5. The van der Waals surface area contributed by atoms with Crippen molar-refractivity contribution in [1.82, 2.24) is 0 Å². The van der Waals surface area contributed by atoms with Gasteiger partial charge >= 0.3 is 0 Å². The normalized spacial score (nSPS) is 17.3. The fourth-order valence-corrected chi connectivity index (χ4v) is 1.97. The van der Waals surface area contributed by atoms with E-state index in [1.165, 1.54) is 42.7 Å². The Kier molecular flexibility index (Phi) is 7.64. The monoisotopic (exact) mass is 270 g/mol. The van der Waals surface area contributed by atoms with E-state index in [4.69, 9.17) is 0 Å². The quantitative estimate of drug-likeness (QED) is 0.497. The Bertz CT molecular complexity index is 470. The van der Waals surface area contributed by atoms with E-state index in [1.54, 1.807) is 0 Å². The van der Waals surface area contributed by atoms with Gasteiger partial charge in [-0.1, -0.05) is 47.6 Å². The molecule has 0 saturated carbocycles. The van der Waals surface area contributed by atoms with E-state index in [2.05, 4.69) is 81.0 Å². The minimum atomic E-state index is 1.21. The van der Waals surface area contributed by atoms with E-state index in [1.807, 2.05) is 0 Å². The summed E-state index contributed by atoms with van der Waals surface area (Å²) >= 11 is 0. The van der Waals surface area contributed by atoms with E-state index in [-0.39, 0.29) is 0 Å². The van der Waals surface area contributed by atoms with Gasteiger partial charge in [0, 0.05) is 18.9 Å². The van der Waals surface area contributed by atoms with Crippen molar-refractivity contribution in [3.63, 3.8) is 0 Å². The molecule has 1 heteroatoms. The van der Waals surface area contributed by atoms with Crippen LogP contribution in [-0.2, 0) is 0 Å². The summed E-state index contributed by atoms with van der Waals surface area (Å²) in [6.45, 7) is 10.9. The van der Waals surface area contributed by atoms with Crippen LogP contribution < -0.4 is 0 Å². The number of hydrogen-bond donors (Lipinski definition) is 0. The van der Waals surface area contributed by atoms with Crippen molar-refractivity contribution in [3.8, 4) is 0 Å². The van der Waals surface area contributed by atoms with Gasteiger partial charge < -0.3 is 0 Å². The first-order valence-corrected chi connectivity index (χ1v) is 7.50. The van der Waals surface area contributed by atoms with Gasteiger partial charge in [0.2, 0.25) is 0 Å². The molecule has 1 aliphatic heterocycles. The molecule has 1 fully saturated rings. The van der Waals surface area contributed by atoms with Gasteiger partial charge in [-0.2, -0.15) is 0 Å². The van der Waals surface area contributed by atoms with Crippen molar-refractivity contribution >= 4 is 6.21 Å². The number of allylic oxidation sites excluding steroid dienone is 10. The molecule has 1 rings (SSSR count). The molecule has 0 bridgehead atoms. The van der Waals surface area contributed by atoms with Gasteiger partial charge in [0.25, 0.3) is 0 Å². The van der Waals surface area contributed by atoms with Crippen LogP contribution in [0.4, 0.5) is 0 Å². The van der Waals surface area contributed by atoms with E-state index >= 15 is 0 Å². The molecule has 1 nitrogen and oxygen atoms in total. The van der Waals surface area contributed by atoms with Gasteiger partial charge in [0.1, 0.15) is 13.1 Å². The Morgan fingerprint density at radius 3 is 1.90 bits per heavy atom. The van der Waals surface area contributed by atoms with Crippen LogP contribution in [0.15, 0.2) is 59.3 Å². The van der Waals surface area contributed by atoms with Crippen LogP contribution in [0.25, 0.3) is 0 Å². The molecular weight excluding hydrogens is 242 g/mol. The zero-order chi connectivity index (χ0) is 14.8. The van der Waals surface area contributed by atoms with Crippen LogP contribution in [-0.4, -0.2) is 23.9 Å². The lowest BCUT2D eigenvalue weighted by Gasteiger charge is -1.90. The van der Waals surface area contributed by atoms with Crippen molar-refractivity contribution in [2.24, 2.45) is 0 Å². The van der Waals surface area contributed by atoms with Gasteiger partial charge in [-0.15, -0.1) is 0 Å². The molecule has 0 radical (unpaired) electrons. The van der Waals surface area contributed by atoms with Crippen LogP contribution in [0.5, 0.6) is 0 Å². The zero-order valence-electron chi connectivity index (χ0n) is 13.4. The third-order valence-corrected chi connectivity index (χ3v) is 3.20. The maximum atomic E-state index is 2.39. The molecule has 1 saturated heterocycles. The molecule has 0 aromatic rings. The summed E-state index contributed by atoms with van der Waals surface area (Å²) in [5, 5.41) is 0. The third kappa shape index (κ3) is 7.73. The summed E-state index contributed by atoms with van der Waals surface area (Å²) in [7, 11) is 0. The van der Waals surface area contributed by atoms with Crippen LogP contribution in [0, 0.1) is 0 Å². The van der Waals surface area contributed by atoms with E-state index in [9.17, 15) is 0 Å². The molecule has 1 heterocycles. The van der Waals surface area contributed by atoms with Crippen LogP contribution in [0.1, 0.15) is 40.5 Å². The summed E-state index contributed by atoms with van der Waals surface area (Å²) in [6, 6.07) is 0. The molecule has 0 atom stereocenters. The lowest BCUT2D eigenvalue weighted by atomic mass is 10.2. The fraction of sp³-hybridized carbons (Fsp3) is 0.421. The van der Waals surface area contributed by atoms with Crippen LogP contribution in [0.3, 0.4) is 0 Å². The lowest BCUT2D eigenvalue weighted by Crippen LogP contribution is -2.05. The highest BCUT2D eigenvalue weighted by atomic mass is 15.0. The minimum Gasteiger partial charge on any atom is -0.236 e. The van der Waals surface area contributed by atoms with Crippen molar-refractivity contribution in [2.75, 3.05) is 13.1 Å². The second-order valence-corrected chi connectivity index (χ2v) is 5.68. The minimum absolute atomic E-state index is 1.21. The summed E-state index contributed by atoms with van der Waals surface area (Å²) < 4.78 is 2.39. The largest absolute Gasteiger partial charge is 0.236 e. The highest BCUT2D eigenvalue weighted by Crippen LogP contribution is 2.02. The van der Waals surface area contributed by atoms with Gasteiger partial charge in [0.05, 0.1) is 0 Å². The molecule has 1 aliphatic rings. The van der Waals surface area contributed by atoms with E-state index in [0.29, 0.717) is 0 Å². The molecule has 0 unspecified atom stereocenters. The smallest absolute Gasteiger partial charge is 0.163 e. The first-order valence-electron chi connectivity index (χ1n) is 7.50. The average Bonchev–Trinajstić information content (AvgIpc) is 2.89. The molecular formula is C19H28N+.